The Morgan fingerprint density at radius 1 is 1.48 bits per heavy atom. The second-order valence-corrected chi connectivity index (χ2v) is 9.50. The number of halogens is 1. The zero-order valence-corrected chi connectivity index (χ0v) is 15.5. The van der Waals surface area contributed by atoms with Gasteiger partial charge in [-0.05, 0) is 24.6 Å². The van der Waals surface area contributed by atoms with Crippen LogP contribution < -0.4 is 4.74 Å². The second-order valence-electron chi connectivity index (χ2n) is 5.54. The Bertz CT molecular complexity index is 678. The molecule has 0 unspecified atom stereocenters. The van der Waals surface area contributed by atoms with Gasteiger partial charge >= 0.3 is 0 Å². The highest BCUT2D eigenvalue weighted by Gasteiger charge is 2.28. The van der Waals surface area contributed by atoms with Crippen LogP contribution in [0.3, 0.4) is 0 Å². The highest BCUT2D eigenvalue weighted by Crippen LogP contribution is 2.26. The van der Waals surface area contributed by atoms with E-state index in [1.165, 1.54) is 11.8 Å². The number of rotatable bonds is 6. The van der Waals surface area contributed by atoms with Gasteiger partial charge in [-0.15, -0.1) is 11.8 Å². The Morgan fingerprint density at radius 3 is 2.83 bits per heavy atom. The number of carbonyl (C=O) groups excluding carboxylic acids is 1. The van der Waals surface area contributed by atoms with Gasteiger partial charge in [0.15, 0.2) is 9.84 Å². The number of thioether (sulfide) groups is 1. The lowest BCUT2D eigenvalue weighted by molar-refractivity contribution is -0.127. The van der Waals surface area contributed by atoms with Crippen molar-refractivity contribution in [3.05, 3.63) is 28.8 Å². The molecule has 2 rings (SSSR count). The molecule has 1 amide bonds. The number of hydrogen-bond acceptors (Lipinski definition) is 5. The van der Waals surface area contributed by atoms with Crippen molar-refractivity contribution in [3.63, 3.8) is 0 Å². The van der Waals surface area contributed by atoms with Gasteiger partial charge in [-0.3, -0.25) is 4.79 Å². The predicted octanol–water partition coefficient (Wildman–Crippen LogP) is 2.23. The molecule has 5 nitrogen and oxygen atoms in total. The lowest BCUT2D eigenvalue weighted by atomic mass is 10.2. The van der Waals surface area contributed by atoms with Gasteiger partial charge in [0.25, 0.3) is 0 Å². The standard InChI is InChI=1S/C15H20ClNO4S2/c1-17(8-11-7-12(16)3-4-14(11)21-2)15(18)9-22-13-5-6-23(19,20)10-13/h3-4,7,13H,5-6,8-10H2,1-2H3/t13-/m1/s1. The molecule has 1 saturated heterocycles. The molecule has 8 heteroatoms. The summed E-state index contributed by atoms with van der Waals surface area (Å²) in [6.07, 6.45) is 0.631. The molecule has 1 aliphatic rings. The minimum atomic E-state index is -2.90. The van der Waals surface area contributed by atoms with E-state index in [1.54, 1.807) is 37.3 Å². The van der Waals surface area contributed by atoms with E-state index in [2.05, 4.69) is 0 Å². The van der Waals surface area contributed by atoms with Gasteiger partial charge in [-0.2, -0.15) is 0 Å². The van der Waals surface area contributed by atoms with Crippen LogP contribution in [-0.4, -0.2) is 55.9 Å². The second kappa shape index (κ2) is 7.77. The van der Waals surface area contributed by atoms with Crippen molar-refractivity contribution in [2.45, 2.75) is 18.2 Å². The Hall–Kier alpha value is -0.920. The molecule has 0 spiro atoms. The molecule has 1 heterocycles. The fourth-order valence-electron chi connectivity index (χ4n) is 2.41. The average molecular weight is 378 g/mol. The van der Waals surface area contributed by atoms with Crippen LogP contribution in [0.5, 0.6) is 5.75 Å². The molecule has 1 aromatic carbocycles. The maximum Gasteiger partial charge on any atom is 0.232 e. The predicted molar refractivity (Wildman–Crippen MR) is 94.0 cm³/mol. The van der Waals surface area contributed by atoms with Crippen LogP contribution in [0, 0.1) is 0 Å². The number of hydrogen-bond donors (Lipinski definition) is 0. The van der Waals surface area contributed by atoms with E-state index < -0.39 is 9.84 Å². The first-order chi connectivity index (χ1) is 10.8. The summed E-state index contributed by atoms with van der Waals surface area (Å²) in [5, 5.41) is 0.616. The number of benzene rings is 1. The highest BCUT2D eigenvalue weighted by molar-refractivity contribution is 8.02. The minimum Gasteiger partial charge on any atom is -0.496 e. The van der Waals surface area contributed by atoms with Crippen molar-refractivity contribution < 1.29 is 17.9 Å². The lowest BCUT2D eigenvalue weighted by Crippen LogP contribution is -2.28. The van der Waals surface area contributed by atoms with Crippen LogP contribution in [-0.2, 0) is 21.2 Å². The normalized spacial score (nSPS) is 19.5. The molecule has 1 atom stereocenters. The summed E-state index contributed by atoms with van der Waals surface area (Å²) in [5.74, 6) is 1.33. The number of ether oxygens (including phenoxy) is 1. The molecule has 0 aliphatic carbocycles. The van der Waals surface area contributed by atoms with Gasteiger partial charge in [0.2, 0.25) is 5.91 Å². The SMILES string of the molecule is COc1ccc(Cl)cc1CN(C)C(=O)CS[C@@H]1CCS(=O)(=O)C1. The Balaban J connectivity index is 1.89. The topological polar surface area (TPSA) is 63.7 Å². The molecule has 23 heavy (non-hydrogen) atoms. The molecule has 0 aromatic heterocycles. The van der Waals surface area contributed by atoms with Crippen molar-refractivity contribution in [2.75, 3.05) is 31.4 Å². The van der Waals surface area contributed by atoms with Crippen LogP contribution in [0.15, 0.2) is 18.2 Å². The van der Waals surface area contributed by atoms with Crippen molar-refractivity contribution in [1.29, 1.82) is 0 Å². The molecule has 1 fully saturated rings. The quantitative estimate of drug-likeness (QED) is 0.760. The number of sulfone groups is 1. The first-order valence-electron chi connectivity index (χ1n) is 7.19. The Morgan fingerprint density at radius 2 is 2.22 bits per heavy atom. The first-order valence-corrected chi connectivity index (χ1v) is 10.4. The van der Waals surface area contributed by atoms with E-state index in [0.29, 0.717) is 23.7 Å². The summed E-state index contributed by atoms with van der Waals surface area (Å²) >= 11 is 7.41. The van der Waals surface area contributed by atoms with Crippen LogP contribution >= 0.6 is 23.4 Å². The Labute approximate surface area is 146 Å². The number of nitrogens with zero attached hydrogens (tertiary/aromatic N) is 1. The van der Waals surface area contributed by atoms with Crippen molar-refractivity contribution in [3.8, 4) is 5.75 Å². The highest BCUT2D eigenvalue weighted by atomic mass is 35.5. The monoisotopic (exact) mass is 377 g/mol. The molecule has 0 bridgehead atoms. The summed E-state index contributed by atoms with van der Waals surface area (Å²) < 4.78 is 28.1. The van der Waals surface area contributed by atoms with Crippen LogP contribution in [0.2, 0.25) is 5.02 Å². The third-order valence-corrected chi connectivity index (χ3v) is 7.21. The van der Waals surface area contributed by atoms with E-state index in [-0.39, 0.29) is 28.4 Å². The minimum absolute atomic E-state index is 0.0260. The zero-order chi connectivity index (χ0) is 17.0. The first kappa shape index (κ1) is 18.4. The van der Waals surface area contributed by atoms with Crippen LogP contribution in [0.25, 0.3) is 0 Å². The van der Waals surface area contributed by atoms with E-state index >= 15 is 0 Å². The summed E-state index contributed by atoms with van der Waals surface area (Å²) in [4.78, 5) is 13.8. The maximum absolute atomic E-state index is 12.2. The zero-order valence-electron chi connectivity index (χ0n) is 13.1. The van der Waals surface area contributed by atoms with Crippen LogP contribution in [0.1, 0.15) is 12.0 Å². The average Bonchev–Trinajstić information content (AvgIpc) is 2.84. The maximum atomic E-state index is 12.2. The van der Waals surface area contributed by atoms with E-state index in [0.717, 1.165) is 5.56 Å². The summed E-state index contributed by atoms with van der Waals surface area (Å²) in [5.41, 5.74) is 0.837. The largest absolute Gasteiger partial charge is 0.496 e. The van der Waals surface area contributed by atoms with E-state index in [1.807, 2.05) is 0 Å². The van der Waals surface area contributed by atoms with Gasteiger partial charge in [-0.25, -0.2) is 8.42 Å². The van der Waals surface area contributed by atoms with E-state index in [4.69, 9.17) is 16.3 Å². The summed E-state index contributed by atoms with van der Waals surface area (Å²) in [6, 6.07) is 5.29. The van der Waals surface area contributed by atoms with Crippen molar-refractivity contribution in [1.82, 2.24) is 4.90 Å². The van der Waals surface area contributed by atoms with Crippen molar-refractivity contribution in [2.24, 2.45) is 0 Å². The summed E-state index contributed by atoms with van der Waals surface area (Å²) in [7, 11) is 0.388. The molecule has 0 N–H and O–H groups in total. The summed E-state index contributed by atoms with van der Waals surface area (Å²) in [6.45, 7) is 0.395. The fourth-order valence-corrected chi connectivity index (χ4v) is 6.18. The van der Waals surface area contributed by atoms with E-state index in [9.17, 15) is 13.2 Å². The van der Waals surface area contributed by atoms with Gasteiger partial charge in [0, 0.05) is 29.4 Å². The third-order valence-electron chi connectivity index (χ3n) is 3.71. The smallest absolute Gasteiger partial charge is 0.232 e. The number of methoxy groups -OCH3 is 1. The number of carbonyl (C=O) groups is 1. The Kier molecular flexibility index (Phi) is 6.22. The fraction of sp³-hybridized carbons (Fsp3) is 0.533. The molecular weight excluding hydrogens is 358 g/mol. The van der Waals surface area contributed by atoms with Crippen LogP contribution in [0.4, 0.5) is 0 Å². The molecule has 0 radical (unpaired) electrons. The van der Waals surface area contributed by atoms with Gasteiger partial charge in [0.05, 0.1) is 24.4 Å². The van der Waals surface area contributed by atoms with Gasteiger partial charge in [-0.1, -0.05) is 11.6 Å². The van der Waals surface area contributed by atoms with Gasteiger partial charge < -0.3 is 9.64 Å². The molecule has 128 valence electrons. The molecule has 1 aliphatic heterocycles. The number of amides is 1. The third kappa shape index (κ3) is 5.29. The molecule has 1 aromatic rings. The van der Waals surface area contributed by atoms with Crippen molar-refractivity contribution >= 4 is 39.1 Å². The lowest BCUT2D eigenvalue weighted by Gasteiger charge is -2.19. The molecule has 0 saturated carbocycles. The molecular formula is C15H20ClNO4S2. The van der Waals surface area contributed by atoms with Gasteiger partial charge in [0.1, 0.15) is 5.75 Å².